The Hall–Kier alpha value is -3.25. The van der Waals surface area contributed by atoms with Gasteiger partial charge in [-0.3, -0.25) is 4.79 Å². The second kappa shape index (κ2) is 6.17. The number of hydrogen-bond donors (Lipinski definition) is 2. The van der Waals surface area contributed by atoms with Gasteiger partial charge >= 0.3 is 0 Å². The second-order valence-electron chi connectivity index (χ2n) is 6.39. The summed E-state index contributed by atoms with van der Waals surface area (Å²) in [6, 6.07) is 7.22. The van der Waals surface area contributed by atoms with Crippen molar-refractivity contribution in [1.82, 2.24) is 0 Å². The first-order valence-electron chi connectivity index (χ1n) is 8.17. The average Bonchev–Trinajstić information content (AvgIpc) is 2.63. The van der Waals surface area contributed by atoms with Crippen LogP contribution in [-0.4, -0.2) is 22.6 Å². The molecule has 2 aliphatic rings. The number of aryl methyl sites for hydroxylation is 1. The number of aliphatic hydroxyl groups is 1. The van der Waals surface area contributed by atoms with Crippen molar-refractivity contribution in [3.63, 3.8) is 0 Å². The first kappa shape index (κ1) is 17.2. The highest BCUT2D eigenvalue weighted by Gasteiger charge is 2.31. The average molecular weight is 368 g/mol. The van der Waals surface area contributed by atoms with Gasteiger partial charge < -0.3 is 14.9 Å². The van der Waals surface area contributed by atoms with E-state index in [0.29, 0.717) is 34.1 Å². The van der Waals surface area contributed by atoms with Gasteiger partial charge in [-0.2, -0.15) is 0 Å². The number of phenols is 1. The van der Waals surface area contributed by atoms with Crippen LogP contribution in [0.1, 0.15) is 27.0 Å². The van der Waals surface area contributed by atoms with E-state index in [1.54, 1.807) is 25.1 Å². The van der Waals surface area contributed by atoms with E-state index in [4.69, 9.17) is 4.74 Å². The van der Waals surface area contributed by atoms with Crippen LogP contribution in [0.25, 0.3) is 5.57 Å². The summed E-state index contributed by atoms with van der Waals surface area (Å²) in [6.45, 7) is 1.78. The number of carbonyl (C=O) groups excluding carboxylic acids is 1. The second-order valence-corrected chi connectivity index (χ2v) is 6.39. The van der Waals surface area contributed by atoms with Gasteiger partial charge in [0.05, 0.1) is 0 Å². The maximum absolute atomic E-state index is 14.1. The Kier molecular flexibility index (Phi) is 3.93. The molecule has 4 nitrogen and oxygen atoms in total. The monoisotopic (exact) mass is 368 g/mol. The molecular formula is C21H14F2O4. The van der Waals surface area contributed by atoms with E-state index in [1.165, 1.54) is 6.08 Å². The number of aldehydes is 1. The molecule has 6 heteroatoms. The summed E-state index contributed by atoms with van der Waals surface area (Å²) < 4.78 is 33.8. The quantitative estimate of drug-likeness (QED) is 0.788. The summed E-state index contributed by atoms with van der Waals surface area (Å²) in [7, 11) is 0. The number of hydrogen-bond acceptors (Lipinski definition) is 4. The van der Waals surface area contributed by atoms with Crippen LogP contribution in [0.5, 0.6) is 11.5 Å². The third kappa shape index (κ3) is 2.74. The molecule has 0 fully saturated rings. The van der Waals surface area contributed by atoms with Gasteiger partial charge in [-0.25, -0.2) is 8.78 Å². The van der Waals surface area contributed by atoms with Crippen molar-refractivity contribution in [2.24, 2.45) is 0 Å². The highest BCUT2D eigenvalue weighted by atomic mass is 19.1. The minimum Gasteiger partial charge on any atom is -0.505 e. The van der Waals surface area contributed by atoms with Gasteiger partial charge in [0.25, 0.3) is 0 Å². The lowest BCUT2D eigenvalue weighted by Crippen LogP contribution is -2.18. The van der Waals surface area contributed by atoms with Crippen molar-refractivity contribution in [1.29, 1.82) is 0 Å². The molecule has 2 N–H and O–H groups in total. The predicted molar refractivity (Wildman–Crippen MR) is 94.6 cm³/mol. The van der Waals surface area contributed by atoms with Crippen LogP contribution in [0.3, 0.4) is 0 Å². The van der Waals surface area contributed by atoms with Gasteiger partial charge in [0.2, 0.25) is 0 Å². The molecule has 27 heavy (non-hydrogen) atoms. The molecule has 1 aliphatic carbocycles. The Bertz CT molecular complexity index is 1080. The highest BCUT2D eigenvalue weighted by molar-refractivity contribution is 5.92. The van der Waals surface area contributed by atoms with Gasteiger partial charge in [-0.15, -0.1) is 0 Å². The van der Waals surface area contributed by atoms with Crippen molar-refractivity contribution < 1.29 is 28.5 Å². The number of phenolic OH excluding ortho intramolecular Hbond substituents is 1. The molecule has 136 valence electrons. The number of benzene rings is 2. The van der Waals surface area contributed by atoms with Crippen molar-refractivity contribution in [2.75, 3.05) is 0 Å². The molecule has 1 atom stereocenters. The van der Waals surface area contributed by atoms with Crippen LogP contribution >= 0.6 is 0 Å². The zero-order chi connectivity index (χ0) is 19.3. The Morgan fingerprint density at radius 1 is 1.15 bits per heavy atom. The number of carbonyl (C=O) groups is 1. The molecule has 0 aromatic heterocycles. The topological polar surface area (TPSA) is 66.8 Å². The van der Waals surface area contributed by atoms with Crippen molar-refractivity contribution in [2.45, 2.75) is 13.0 Å². The molecule has 0 amide bonds. The predicted octanol–water partition coefficient (Wildman–Crippen LogP) is 3.96. The van der Waals surface area contributed by atoms with E-state index in [9.17, 15) is 23.8 Å². The maximum atomic E-state index is 14.1. The number of ether oxygens (including phenoxy) is 1. The molecule has 2 aromatic rings. The minimum atomic E-state index is -1.45. The number of halogens is 2. The highest BCUT2D eigenvalue weighted by Crippen LogP contribution is 2.46. The summed E-state index contributed by atoms with van der Waals surface area (Å²) in [6.07, 6.45) is 1.63. The van der Waals surface area contributed by atoms with Crippen molar-refractivity contribution >= 4 is 11.9 Å². The van der Waals surface area contributed by atoms with Crippen LogP contribution in [0, 0.1) is 12.7 Å². The molecule has 0 bridgehead atoms. The fourth-order valence-electron chi connectivity index (χ4n) is 3.31. The first-order valence-corrected chi connectivity index (χ1v) is 8.17. The number of aliphatic hydroxyl groups excluding tert-OH is 1. The summed E-state index contributed by atoms with van der Waals surface area (Å²) >= 11 is 0. The van der Waals surface area contributed by atoms with E-state index in [-0.39, 0.29) is 11.5 Å². The number of rotatable bonds is 2. The molecule has 4 rings (SSSR count). The van der Waals surface area contributed by atoms with Crippen LogP contribution in [0.4, 0.5) is 8.78 Å². The Morgan fingerprint density at radius 2 is 1.93 bits per heavy atom. The molecule has 0 saturated heterocycles. The molecule has 2 aromatic carbocycles. The van der Waals surface area contributed by atoms with E-state index >= 15 is 0 Å². The molecule has 0 radical (unpaired) electrons. The minimum absolute atomic E-state index is 0.181. The van der Waals surface area contributed by atoms with Crippen LogP contribution in [0.2, 0.25) is 0 Å². The first-order chi connectivity index (χ1) is 12.9. The van der Waals surface area contributed by atoms with Gasteiger partial charge in [-0.1, -0.05) is 12.1 Å². The largest absolute Gasteiger partial charge is 0.505 e. The number of aromatic hydroxyl groups is 1. The fourth-order valence-corrected chi connectivity index (χ4v) is 3.31. The molecule has 1 unspecified atom stereocenters. The third-order valence-electron chi connectivity index (χ3n) is 4.60. The fraction of sp³-hybridized carbons (Fsp3) is 0.0952. The molecule has 1 aliphatic heterocycles. The van der Waals surface area contributed by atoms with E-state index in [2.05, 4.69) is 0 Å². The van der Waals surface area contributed by atoms with Crippen molar-refractivity contribution in [3.8, 4) is 11.5 Å². The van der Waals surface area contributed by atoms with E-state index < -0.39 is 23.5 Å². The number of fused-ring (bicyclic) bond motifs is 2. The third-order valence-corrected chi connectivity index (χ3v) is 4.60. The Balaban J connectivity index is 2.06. The zero-order valence-corrected chi connectivity index (χ0v) is 14.2. The summed E-state index contributed by atoms with van der Waals surface area (Å²) in [4.78, 5) is 11.0. The van der Waals surface area contributed by atoms with Crippen molar-refractivity contribution in [3.05, 3.63) is 87.7 Å². The molecule has 0 saturated carbocycles. The SMILES string of the molecule is Cc1cc(C=O)ccc1C1=C2C=C(F)C(O)C=C2Oc2cc(O)c(F)cc21. The van der Waals surface area contributed by atoms with Gasteiger partial charge in [0, 0.05) is 28.3 Å². The Labute approximate surface area is 153 Å². The summed E-state index contributed by atoms with van der Waals surface area (Å²) in [5.41, 5.74) is 3.01. The Morgan fingerprint density at radius 3 is 2.63 bits per heavy atom. The smallest absolute Gasteiger partial charge is 0.165 e. The zero-order valence-electron chi connectivity index (χ0n) is 14.2. The molecule has 1 heterocycles. The standard InChI is InChI=1S/C21H14F2O4/c1-10-4-11(9-24)2-3-12(10)21-13-5-15(22)17(25)7-19(13)27-20-8-18(26)16(23)6-14(20)21/h2-9,17,25-26H,1H3. The lowest BCUT2D eigenvalue weighted by molar-refractivity contribution is 0.112. The molecule has 0 spiro atoms. The summed E-state index contributed by atoms with van der Waals surface area (Å²) in [5, 5.41) is 19.5. The van der Waals surface area contributed by atoms with Crippen LogP contribution < -0.4 is 4.74 Å². The van der Waals surface area contributed by atoms with Crippen LogP contribution in [-0.2, 0) is 0 Å². The molecular weight excluding hydrogens is 354 g/mol. The number of allylic oxidation sites excluding steroid dienone is 1. The maximum Gasteiger partial charge on any atom is 0.165 e. The summed E-state index contributed by atoms with van der Waals surface area (Å²) in [5.74, 6) is -1.80. The van der Waals surface area contributed by atoms with Gasteiger partial charge in [0.15, 0.2) is 11.6 Å². The van der Waals surface area contributed by atoms with Gasteiger partial charge in [-0.05, 0) is 42.3 Å². The van der Waals surface area contributed by atoms with E-state index in [0.717, 1.165) is 23.8 Å². The lowest BCUT2D eigenvalue weighted by atomic mass is 9.85. The van der Waals surface area contributed by atoms with Crippen LogP contribution in [0.15, 0.2) is 59.6 Å². The normalized spacial score (nSPS) is 18.1. The van der Waals surface area contributed by atoms with Gasteiger partial charge in [0.1, 0.15) is 29.7 Å². The van der Waals surface area contributed by atoms with E-state index in [1.807, 2.05) is 0 Å². The lowest BCUT2D eigenvalue weighted by Gasteiger charge is -2.28.